The first kappa shape index (κ1) is 29.5. The molecule has 180 valence electrons. The first-order valence-corrected chi connectivity index (χ1v) is 13.5. The Morgan fingerprint density at radius 2 is 1.20 bits per heavy atom. The predicted octanol–water partition coefficient (Wildman–Crippen LogP) is 5.22. The lowest BCUT2D eigenvalue weighted by Gasteiger charge is -2.12. The SMILES string of the molecule is CCCCCCCCCCCCCCCCCCC(=O)NCC(O)COP(=O)(O)O. The molecule has 0 aliphatic rings. The molecule has 0 saturated carbocycles. The number of phosphoric acid groups is 1. The molecule has 0 spiro atoms. The molecule has 0 aromatic heterocycles. The first-order chi connectivity index (χ1) is 14.3. The lowest BCUT2D eigenvalue weighted by Crippen LogP contribution is -2.34. The van der Waals surface area contributed by atoms with E-state index in [2.05, 4.69) is 16.8 Å². The van der Waals surface area contributed by atoms with Gasteiger partial charge in [0.1, 0.15) is 0 Å². The summed E-state index contributed by atoms with van der Waals surface area (Å²) in [5.41, 5.74) is 0. The predicted molar refractivity (Wildman–Crippen MR) is 121 cm³/mol. The summed E-state index contributed by atoms with van der Waals surface area (Å²) in [4.78, 5) is 28.8. The normalized spacial score (nSPS) is 12.8. The van der Waals surface area contributed by atoms with Crippen LogP contribution >= 0.6 is 7.82 Å². The van der Waals surface area contributed by atoms with E-state index in [-0.39, 0.29) is 12.5 Å². The van der Waals surface area contributed by atoms with E-state index in [9.17, 15) is 14.5 Å². The van der Waals surface area contributed by atoms with Gasteiger partial charge in [-0.05, 0) is 6.42 Å². The Morgan fingerprint density at radius 3 is 1.60 bits per heavy atom. The number of hydrogen-bond acceptors (Lipinski definition) is 4. The van der Waals surface area contributed by atoms with E-state index < -0.39 is 20.5 Å². The highest BCUT2D eigenvalue weighted by Gasteiger charge is 2.17. The van der Waals surface area contributed by atoms with E-state index in [1.807, 2.05) is 0 Å². The molecular weight excluding hydrogens is 405 g/mol. The fraction of sp³-hybridized carbons (Fsp3) is 0.955. The second-order valence-corrected chi connectivity index (χ2v) is 9.54. The third-order valence-corrected chi connectivity index (χ3v) is 5.71. The first-order valence-electron chi connectivity index (χ1n) is 12.0. The largest absolute Gasteiger partial charge is 0.469 e. The van der Waals surface area contributed by atoms with Crippen molar-refractivity contribution in [3.05, 3.63) is 0 Å². The molecule has 0 saturated heterocycles. The van der Waals surface area contributed by atoms with Gasteiger partial charge in [0.15, 0.2) is 0 Å². The van der Waals surface area contributed by atoms with Crippen LogP contribution in [0.2, 0.25) is 0 Å². The van der Waals surface area contributed by atoms with E-state index in [4.69, 9.17) is 9.79 Å². The maximum Gasteiger partial charge on any atom is 0.469 e. The topological polar surface area (TPSA) is 116 Å². The molecule has 0 heterocycles. The minimum atomic E-state index is -4.59. The summed E-state index contributed by atoms with van der Waals surface area (Å²) < 4.78 is 14.7. The molecule has 30 heavy (non-hydrogen) atoms. The average molecular weight is 452 g/mol. The van der Waals surface area contributed by atoms with Crippen molar-refractivity contribution in [2.75, 3.05) is 13.2 Å². The number of unbranched alkanes of at least 4 members (excludes halogenated alkanes) is 15. The Hall–Kier alpha value is -0.460. The fourth-order valence-electron chi connectivity index (χ4n) is 3.40. The number of amides is 1. The Morgan fingerprint density at radius 1 is 0.800 bits per heavy atom. The number of hydrogen-bond donors (Lipinski definition) is 4. The molecule has 0 bridgehead atoms. The average Bonchev–Trinajstić information content (AvgIpc) is 2.69. The molecule has 1 atom stereocenters. The number of aliphatic hydroxyl groups is 1. The Labute approximate surface area is 183 Å². The quantitative estimate of drug-likeness (QED) is 0.132. The van der Waals surface area contributed by atoms with Crippen molar-refractivity contribution in [1.29, 1.82) is 0 Å². The van der Waals surface area contributed by atoms with Gasteiger partial charge in [0.2, 0.25) is 5.91 Å². The van der Waals surface area contributed by atoms with Crippen molar-refractivity contribution in [3.63, 3.8) is 0 Å². The summed E-state index contributed by atoms with van der Waals surface area (Å²) in [5.74, 6) is -0.157. The van der Waals surface area contributed by atoms with Gasteiger partial charge in [0, 0.05) is 13.0 Å². The van der Waals surface area contributed by atoms with Gasteiger partial charge in [0.25, 0.3) is 0 Å². The maximum atomic E-state index is 11.7. The second kappa shape index (κ2) is 20.4. The molecule has 0 radical (unpaired) electrons. The van der Waals surface area contributed by atoms with Crippen LogP contribution in [0.5, 0.6) is 0 Å². The third kappa shape index (κ3) is 23.8. The number of carbonyl (C=O) groups is 1. The molecule has 8 heteroatoms. The smallest absolute Gasteiger partial charge is 0.389 e. The van der Waals surface area contributed by atoms with Crippen LogP contribution in [0.15, 0.2) is 0 Å². The third-order valence-electron chi connectivity index (χ3n) is 5.23. The van der Waals surface area contributed by atoms with Crippen molar-refractivity contribution >= 4 is 13.7 Å². The van der Waals surface area contributed by atoms with Crippen LogP contribution in [-0.2, 0) is 13.9 Å². The maximum absolute atomic E-state index is 11.7. The van der Waals surface area contributed by atoms with Gasteiger partial charge in [0.05, 0.1) is 12.7 Å². The standard InChI is InChI=1S/C22H46NO6P/c1-2-3-4-5-6-7-8-9-10-11-12-13-14-15-16-17-18-22(25)23-19-21(24)20-29-30(26,27)28/h21,24H,2-20H2,1H3,(H,23,25)(H2,26,27,28). The van der Waals surface area contributed by atoms with Crippen molar-refractivity contribution in [2.45, 2.75) is 122 Å². The Bertz CT molecular complexity index is 443. The summed E-state index contributed by atoms with van der Waals surface area (Å²) in [6, 6.07) is 0. The molecule has 0 aliphatic carbocycles. The molecule has 0 rings (SSSR count). The molecule has 1 amide bonds. The highest BCUT2D eigenvalue weighted by Crippen LogP contribution is 2.35. The van der Waals surface area contributed by atoms with Crippen LogP contribution < -0.4 is 5.32 Å². The van der Waals surface area contributed by atoms with E-state index in [1.54, 1.807) is 0 Å². The van der Waals surface area contributed by atoms with Gasteiger partial charge in [-0.2, -0.15) is 0 Å². The minimum Gasteiger partial charge on any atom is -0.389 e. The van der Waals surface area contributed by atoms with Crippen molar-refractivity contribution in [3.8, 4) is 0 Å². The summed E-state index contributed by atoms with van der Waals surface area (Å²) in [7, 11) is -4.59. The van der Waals surface area contributed by atoms with Crippen LogP contribution in [0.1, 0.15) is 116 Å². The molecule has 0 aromatic carbocycles. The van der Waals surface area contributed by atoms with E-state index >= 15 is 0 Å². The van der Waals surface area contributed by atoms with Crippen molar-refractivity contribution in [2.24, 2.45) is 0 Å². The van der Waals surface area contributed by atoms with Crippen LogP contribution in [-0.4, -0.2) is 40.1 Å². The summed E-state index contributed by atoms with van der Waals surface area (Å²) >= 11 is 0. The van der Waals surface area contributed by atoms with E-state index in [0.717, 1.165) is 19.3 Å². The zero-order chi connectivity index (χ0) is 22.5. The fourth-order valence-corrected chi connectivity index (χ4v) is 3.76. The summed E-state index contributed by atoms with van der Waals surface area (Å²) in [5, 5.41) is 12.0. The van der Waals surface area contributed by atoms with Gasteiger partial charge in [-0.25, -0.2) is 4.57 Å². The summed E-state index contributed by atoms with van der Waals surface area (Å²) in [6.45, 7) is 1.68. The van der Waals surface area contributed by atoms with Crippen LogP contribution in [0.3, 0.4) is 0 Å². The second-order valence-electron chi connectivity index (χ2n) is 8.30. The molecular formula is C22H46NO6P. The number of carbonyl (C=O) groups excluding carboxylic acids is 1. The number of nitrogens with one attached hydrogen (secondary N) is 1. The van der Waals surface area contributed by atoms with Gasteiger partial charge >= 0.3 is 7.82 Å². The molecule has 0 aliphatic heterocycles. The Balaban J connectivity index is 3.28. The van der Waals surface area contributed by atoms with E-state index in [0.29, 0.717) is 6.42 Å². The monoisotopic (exact) mass is 451 g/mol. The van der Waals surface area contributed by atoms with Crippen molar-refractivity contribution < 1.29 is 28.8 Å². The van der Waals surface area contributed by atoms with Gasteiger partial charge in [-0.15, -0.1) is 0 Å². The van der Waals surface area contributed by atoms with Gasteiger partial charge < -0.3 is 20.2 Å². The van der Waals surface area contributed by atoms with Gasteiger partial charge in [-0.3, -0.25) is 9.32 Å². The molecule has 4 N–H and O–H groups in total. The highest BCUT2D eigenvalue weighted by atomic mass is 31.2. The van der Waals surface area contributed by atoms with Crippen molar-refractivity contribution in [1.82, 2.24) is 5.32 Å². The molecule has 0 aromatic rings. The zero-order valence-electron chi connectivity index (χ0n) is 19.0. The highest BCUT2D eigenvalue weighted by molar-refractivity contribution is 7.46. The lowest BCUT2D eigenvalue weighted by molar-refractivity contribution is -0.121. The number of rotatable bonds is 22. The zero-order valence-corrected chi connectivity index (χ0v) is 19.9. The lowest BCUT2D eigenvalue weighted by atomic mass is 10.0. The van der Waals surface area contributed by atoms with Crippen LogP contribution in [0.25, 0.3) is 0 Å². The number of aliphatic hydroxyl groups excluding tert-OH is 1. The molecule has 7 nitrogen and oxygen atoms in total. The number of phosphoric ester groups is 1. The van der Waals surface area contributed by atoms with Gasteiger partial charge in [-0.1, -0.05) is 103 Å². The van der Waals surface area contributed by atoms with E-state index in [1.165, 1.54) is 83.5 Å². The molecule has 1 unspecified atom stereocenters. The minimum absolute atomic E-state index is 0.0717. The summed E-state index contributed by atoms with van der Waals surface area (Å²) in [6.07, 6.45) is 19.9. The van der Waals surface area contributed by atoms with Crippen LogP contribution in [0.4, 0.5) is 0 Å². The molecule has 0 fully saturated rings. The van der Waals surface area contributed by atoms with Crippen LogP contribution in [0, 0.1) is 0 Å². The Kier molecular flexibility index (Phi) is 20.1.